The second-order valence-corrected chi connectivity index (χ2v) is 6.80. The van der Waals surface area contributed by atoms with Gasteiger partial charge in [-0.25, -0.2) is 9.78 Å². The Balaban J connectivity index is 1.54. The van der Waals surface area contributed by atoms with Crippen molar-refractivity contribution in [1.29, 1.82) is 0 Å². The number of fused-ring (bicyclic) bond motifs is 1. The zero-order chi connectivity index (χ0) is 16.4. The number of aryl methyl sites for hydroxylation is 1. The van der Waals surface area contributed by atoms with E-state index in [4.69, 9.17) is 4.74 Å². The highest BCUT2D eigenvalue weighted by Gasteiger charge is 2.25. The number of nitrogens with one attached hydrogen (secondary N) is 1. The van der Waals surface area contributed by atoms with Crippen molar-refractivity contribution in [2.45, 2.75) is 32.7 Å². The van der Waals surface area contributed by atoms with Crippen LogP contribution in [0.25, 0.3) is 4.96 Å². The van der Waals surface area contributed by atoms with Crippen molar-refractivity contribution in [3.05, 3.63) is 23.0 Å². The van der Waals surface area contributed by atoms with Crippen LogP contribution in [0.4, 0.5) is 4.79 Å². The fourth-order valence-electron chi connectivity index (χ4n) is 2.70. The first-order valence-electron chi connectivity index (χ1n) is 7.74. The topological polar surface area (TPSA) is 75.9 Å². The molecule has 124 valence electrons. The maximum atomic E-state index is 12.3. The average molecular weight is 336 g/mol. The molecule has 0 bridgehead atoms. The highest BCUT2D eigenvalue weighted by Crippen LogP contribution is 2.17. The summed E-state index contributed by atoms with van der Waals surface area (Å²) in [7, 11) is 0. The third-order valence-electron chi connectivity index (χ3n) is 3.86. The monoisotopic (exact) mass is 336 g/mol. The van der Waals surface area contributed by atoms with E-state index < -0.39 is 0 Å². The van der Waals surface area contributed by atoms with Gasteiger partial charge in [-0.2, -0.15) is 0 Å². The van der Waals surface area contributed by atoms with Gasteiger partial charge in [-0.05, 0) is 26.7 Å². The van der Waals surface area contributed by atoms with Gasteiger partial charge in [0.15, 0.2) is 4.96 Å². The van der Waals surface area contributed by atoms with Gasteiger partial charge in [0.2, 0.25) is 0 Å². The highest BCUT2D eigenvalue weighted by atomic mass is 32.1. The predicted molar refractivity (Wildman–Crippen MR) is 86.9 cm³/mol. The molecule has 0 aliphatic carbocycles. The van der Waals surface area contributed by atoms with Crippen molar-refractivity contribution in [3.8, 4) is 0 Å². The number of likely N-dealkylation sites (tertiary alicyclic amines) is 1. The molecule has 0 spiro atoms. The number of thiazole rings is 1. The quantitative estimate of drug-likeness (QED) is 0.931. The average Bonchev–Trinajstić information content (AvgIpc) is 3.05. The zero-order valence-corrected chi connectivity index (χ0v) is 14.1. The van der Waals surface area contributed by atoms with E-state index in [9.17, 15) is 9.59 Å². The zero-order valence-electron chi connectivity index (χ0n) is 13.2. The highest BCUT2D eigenvalue weighted by molar-refractivity contribution is 7.17. The number of rotatable bonds is 3. The number of amides is 2. The Bertz CT molecular complexity index is 684. The molecule has 1 fully saturated rings. The summed E-state index contributed by atoms with van der Waals surface area (Å²) in [6, 6.07) is 0.0645. The van der Waals surface area contributed by atoms with E-state index in [0.717, 1.165) is 22.7 Å². The molecule has 2 amide bonds. The van der Waals surface area contributed by atoms with E-state index in [1.54, 1.807) is 29.4 Å². The summed E-state index contributed by atoms with van der Waals surface area (Å²) in [4.78, 5) is 32.0. The number of piperidine rings is 1. The molecule has 0 atom stereocenters. The minimum absolute atomic E-state index is 0.0645. The van der Waals surface area contributed by atoms with Gasteiger partial charge in [-0.15, -0.1) is 11.3 Å². The van der Waals surface area contributed by atoms with Crippen molar-refractivity contribution < 1.29 is 14.3 Å². The van der Waals surface area contributed by atoms with E-state index in [-0.39, 0.29) is 18.0 Å². The minimum atomic E-state index is -0.276. The maximum Gasteiger partial charge on any atom is 0.409 e. The van der Waals surface area contributed by atoms with Crippen LogP contribution in [-0.2, 0) is 4.74 Å². The van der Waals surface area contributed by atoms with Gasteiger partial charge < -0.3 is 15.0 Å². The molecular formula is C15H20N4O3S. The van der Waals surface area contributed by atoms with Gasteiger partial charge in [-0.3, -0.25) is 9.20 Å². The summed E-state index contributed by atoms with van der Waals surface area (Å²) in [5.41, 5.74) is 0.434. The van der Waals surface area contributed by atoms with E-state index in [1.807, 2.05) is 17.5 Å². The first-order chi connectivity index (χ1) is 11.1. The second kappa shape index (κ2) is 6.57. The molecule has 8 heteroatoms. The van der Waals surface area contributed by atoms with Gasteiger partial charge >= 0.3 is 6.09 Å². The summed E-state index contributed by atoms with van der Waals surface area (Å²) < 4.78 is 6.86. The Hall–Kier alpha value is -2.09. The van der Waals surface area contributed by atoms with E-state index in [1.165, 1.54) is 0 Å². The fourth-order valence-corrected chi connectivity index (χ4v) is 3.51. The number of ether oxygens (including phenoxy) is 1. The van der Waals surface area contributed by atoms with Crippen molar-refractivity contribution >= 4 is 28.3 Å². The number of imidazole rings is 1. The van der Waals surface area contributed by atoms with E-state index >= 15 is 0 Å². The van der Waals surface area contributed by atoms with Crippen LogP contribution in [0.15, 0.2) is 12.4 Å². The van der Waals surface area contributed by atoms with Crippen LogP contribution in [0, 0.1) is 6.92 Å². The smallest absolute Gasteiger partial charge is 0.409 e. The summed E-state index contributed by atoms with van der Waals surface area (Å²) in [5, 5.41) is 3.00. The predicted octanol–water partition coefficient (Wildman–Crippen LogP) is 2.05. The first kappa shape index (κ1) is 15.8. The molecule has 2 aromatic heterocycles. The van der Waals surface area contributed by atoms with Gasteiger partial charge in [-0.1, -0.05) is 0 Å². The number of nitrogens with zero attached hydrogens (tertiary/aromatic N) is 3. The Kier molecular flexibility index (Phi) is 4.51. The number of carbonyl (C=O) groups excluding carboxylic acids is 2. The summed E-state index contributed by atoms with van der Waals surface area (Å²) in [6.07, 6.45) is 4.89. The third kappa shape index (κ3) is 3.47. The van der Waals surface area contributed by atoms with Crippen LogP contribution in [0.3, 0.4) is 0 Å². The molecule has 2 aromatic rings. The molecule has 0 unspecified atom stereocenters. The number of aromatic nitrogens is 2. The van der Waals surface area contributed by atoms with E-state index in [0.29, 0.717) is 25.4 Å². The lowest BCUT2D eigenvalue weighted by molar-refractivity contribution is 0.0857. The molecular weight excluding hydrogens is 316 g/mol. The summed E-state index contributed by atoms with van der Waals surface area (Å²) in [6.45, 7) is 5.38. The van der Waals surface area contributed by atoms with Gasteiger partial charge in [0.25, 0.3) is 5.91 Å². The summed E-state index contributed by atoms with van der Waals surface area (Å²) >= 11 is 1.56. The molecule has 7 nitrogen and oxygen atoms in total. The lowest BCUT2D eigenvalue weighted by Gasteiger charge is -2.31. The fraction of sp³-hybridized carbons (Fsp3) is 0.533. The van der Waals surface area contributed by atoms with Gasteiger partial charge in [0.1, 0.15) is 5.69 Å². The largest absolute Gasteiger partial charge is 0.450 e. The first-order valence-corrected chi connectivity index (χ1v) is 8.56. The van der Waals surface area contributed by atoms with Gasteiger partial charge in [0.05, 0.1) is 6.61 Å². The molecule has 23 heavy (non-hydrogen) atoms. The number of carbonyl (C=O) groups is 2. The van der Waals surface area contributed by atoms with Crippen LogP contribution in [-0.4, -0.2) is 52.0 Å². The molecule has 0 radical (unpaired) electrons. The minimum Gasteiger partial charge on any atom is -0.450 e. The Morgan fingerprint density at radius 1 is 1.39 bits per heavy atom. The van der Waals surface area contributed by atoms with Gasteiger partial charge in [0, 0.05) is 36.4 Å². The second-order valence-electron chi connectivity index (χ2n) is 5.59. The Labute approximate surface area is 138 Å². The van der Waals surface area contributed by atoms with Crippen molar-refractivity contribution in [2.75, 3.05) is 19.7 Å². The van der Waals surface area contributed by atoms with Crippen LogP contribution >= 0.6 is 11.3 Å². The lowest BCUT2D eigenvalue weighted by atomic mass is 10.1. The van der Waals surface area contributed by atoms with Crippen LogP contribution < -0.4 is 5.32 Å². The molecule has 1 aliphatic heterocycles. The molecule has 0 aromatic carbocycles. The Morgan fingerprint density at radius 3 is 2.78 bits per heavy atom. The normalized spacial score (nSPS) is 15.8. The molecule has 1 N–H and O–H groups in total. The standard InChI is InChI=1S/C15H20N4O3S/c1-3-22-15(21)18-6-4-11(5-7-18)16-13(20)12-9-19-8-10(2)23-14(19)17-12/h8-9,11H,3-7H2,1-2H3,(H,16,20). The Morgan fingerprint density at radius 2 is 2.13 bits per heavy atom. The third-order valence-corrected chi connectivity index (χ3v) is 4.77. The maximum absolute atomic E-state index is 12.3. The summed E-state index contributed by atoms with van der Waals surface area (Å²) in [5.74, 6) is -0.159. The lowest BCUT2D eigenvalue weighted by Crippen LogP contribution is -2.46. The van der Waals surface area contributed by atoms with E-state index in [2.05, 4.69) is 10.3 Å². The van der Waals surface area contributed by atoms with Crippen LogP contribution in [0.1, 0.15) is 35.1 Å². The number of hydrogen-bond donors (Lipinski definition) is 1. The molecule has 1 saturated heterocycles. The van der Waals surface area contributed by atoms with Crippen molar-refractivity contribution in [2.24, 2.45) is 0 Å². The molecule has 3 heterocycles. The molecule has 0 saturated carbocycles. The number of hydrogen-bond acceptors (Lipinski definition) is 5. The van der Waals surface area contributed by atoms with Crippen LogP contribution in [0.5, 0.6) is 0 Å². The molecule has 1 aliphatic rings. The molecule has 3 rings (SSSR count). The van der Waals surface area contributed by atoms with Crippen molar-refractivity contribution in [3.63, 3.8) is 0 Å². The van der Waals surface area contributed by atoms with Crippen molar-refractivity contribution in [1.82, 2.24) is 19.6 Å². The van der Waals surface area contributed by atoms with Crippen LogP contribution in [0.2, 0.25) is 0 Å². The SMILES string of the molecule is CCOC(=O)N1CCC(NC(=O)c2cn3cc(C)sc3n2)CC1.